The molecule has 1 aliphatic rings. The molecule has 0 unspecified atom stereocenters. The van der Waals surface area contributed by atoms with Crippen molar-refractivity contribution < 1.29 is 9.53 Å². The molecule has 2 heterocycles. The van der Waals surface area contributed by atoms with Crippen molar-refractivity contribution in [2.24, 2.45) is 5.84 Å². The number of hydrogen-bond donors (Lipinski definition) is 3. The van der Waals surface area contributed by atoms with Crippen LogP contribution in [0.15, 0.2) is 0 Å². The molecule has 9 heteroatoms. The fourth-order valence-electron chi connectivity index (χ4n) is 1.62. The highest BCUT2D eigenvalue weighted by atomic mass is 16.5. The Morgan fingerprint density at radius 1 is 1.42 bits per heavy atom. The number of hydrazine groups is 1. The summed E-state index contributed by atoms with van der Waals surface area (Å²) in [6, 6.07) is 0.180. The van der Waals surface area contributed by atoms with Crippen LogP contribution in [0.3, 0.4) is 0 Å². The average molecular weight is 267 g/mol. The zero-order valence-electron chi connectivity index (χ0n) is 10.9. The molecule has 1 amide bonds. The Morgan fingerprint density at radius 3 is 2.84 bits per heavy atom. The molecule has 0 aromatic carbocycles. The van der Waals surface area contributed by atoms with Gasteiger partial charge in [-0.25, -0.2) is 5.84 Å². The molecule has 19 heavy (non-hydrogen) atoms. The van der Waals surface area contributed by atoms with Crippen molar-refractivity contribution in [3.63, 3.8) is 0 Å². The van der Waals surface area contributed by atoms with E-state index in [1.165, 1.54) is 0 Å². The quantitative estimate of drug-likeness (QED) is 0.464. The molecule has 0 spiro atoms. The van der Waals surface area contributed by atoms with Crippen LogP contribution in [0.1, 0.15) is 13.8 Å². The van der Waals surface area contributed by atoms with E-state index in [4.69, 9.17) is 10.6 Å². The summed E-state index contributed by atoms with van der Waals surface area (Å²) in [7, 11) is 0. The first-order valence-electron chi connectivity index (χ1n) is 5.99. The summed E-state index contributed by atoms with van der Waals surface area (Å²) in [5, 5.41) is 2.73. The van der Waals surface area contributed by atoms with Crippen molar-refractivity contribution in [1.82, 2.24) is 20.3 Å². The Balaban J connectivity index is 2.25. The SMILES string of the molecule is CC(C)Oc1nc(NN)nc(N2CCNC(=O)C2)n1. The number of rotatable bonds is 4. The fourth-order valence-corrected chi connectivity index (χ4v) is 1.62. The summed E-state index contributed by atoms with van der Waals surface area (Å²) in [6.07, 6.45) is -0.0643. The van der Waals surface area contributed by atoms with Crippen molar-refractivity contribution in [2.75, 3.05) is 30.0 Å². The van der Waals surface area contributed by atoms with Crippen LogP contribution in [0.4, 0.5) is 11.9 Å². The van der Waals surface area contributed by atoms with Gasteiger partial charge in [0.2, 0.25) is 17.8 Å². The van der Waals surface area contributed by atoms with Crippen molar-refractivity contribution >= 4 is 17.8 Å². The molecule has 1 fully saturated rings. The van der Waals surface area contributed by atoms with Crippen LogP contribution in [0.2, 0.25) is 0 Å². The molecule has 1 aromatic heterocycles. The second kappa shape index (κ2) is 5.65. The maximum atomic E-state index is 11.4. The number of piperazine rings is 1. The summed E-state index contributed by atoms with van der Waals surface area (Å²) < 4.78 is 5.43. The van der Waals surface area contributed by atoms with Crippen LogP contribution in [0.25, 0.3) is 0 Å². The number of anilines is 2. The monoisotopic (exact) mass is 267 g/mol. The van der Waals surface area contributed by atoms with E-state index in [-0.39, 0.29) is 30.5 Å². The van der Waals surface area contributed by atoms with Gasteiger partial charge in [0, 0.05) is 13.1 Å². The lowest BCUT2D eigenvalue weighted by molar-refractivity contribution is -0.120. The summed E-state index contributed by atoms with van der Waals surface area (Å²) in [6.45, 7) is 5.12. The Morgan fingerprint density at radius 2 is 2.21 bits per heavy atom. The van der Waals surface area contributed by atoms with Gasteiger partial charge in [0.05, 0.1) is 12.6 Å². The molecule has 0 radical (unpaired) electrons. The zero-order chi connectivity index (χ0) is 13.8. The Hall–Kier alpha value is -2.16. The van der Waals surface area contributed by atoms with Gasteiger partial charge in [0.15, 0.2) is 0 Å². The highest BCUT2D eigenvalue weighted by molar-refractivity contribution is 5.81. The summed E-state index contributed by atoms with van der Waals surface area (Å²) in [5.74, 6) is 5.82. The van der Waals surface area contributed by atoms with Gasteiger partial charge in [0.1, 0.15) is 0 Å². The first-order chi connectivity index (χ1) is 9.08. The topological polar surface area (TPSA) is 118 Å². The number of nitrogens with one attached hydrogen (secondary N) is 2. The molecule has 1 aromatic rings. The Bertz CT molecular complexity index is 465. The normalized spacial score (nSPS) is 15.4. The number of carbonyl (C=O) groups excluding carboxylic acids is 1. The molecule has 9 nitrogen and oxygen atoms in total. The standard InChI is InChI=1S/C10H17N7O2/c1-6(2)19-10-14-8(16-11)13-9(15-10)17-4-3-12-7(18)5-17/h6H,3-5,11H2,1-2H3,(H,12,18)(H,13,14,15,16). The molecule has 1 aliphatic heterocycles. The van der Waals surface area contributed by atoms with E-state index in [2.05, 4.69) is 25.7 Å². The van der Waals surface area contributed by atoms with E-state index in [9.17, 15) is 4.79 Å². The molecular formula is C10H17N7O2. The molecule has 0 saturated carbocycles. The summed E-state index contributed by atoms with van der Waals surface area (Å²) >= 11 is 0. The maximum absolute atomic E-state index is 11.4. The highest BCUT2D eigenvalue weighted by Gasteiger charge is 2.20. The molecule has 104 valence electrons. The van der Waals surface area contributed by atoms with Gasteiger partial charge in [-0.15, -0.1) is 0 Å². The van der Waals surface area contributed by atoms with E-state index in [0.29, 0.717) is 19.0 Å². The Labute approximate surface area is 110 Å². The zero-order valence-corrected chi connectivity index (χ0v) is 10.9. The number of aromatic nitrogens is 3. The van der Waals surface area contributed by atoms with Gasteiger partial charge >= 0.3 is 6.01 Å². The molecule has 0 aliphatic carbocycles. The third kappa shape index (κ3) is 3.41. The van der Waals surface area contributed by atoms with Crippen LogP contribution in [-0.2, 0) is 4.79 Å². The van der Waals surface area contributed by atoms with Crippen molar-refractivity contribution in [2.45, 2.75) is 20.0 Å². The fraction of sp³-hybridized carbons (Fsp3) is 0.600. The predicted octanol–water partition coefficient (Wildman–Crippen LogP) is -1.12. The van der Waals surface area contributed by atoms with E-state index >= 15 is 0 Å². The molecule has 0 bridgehead atoms. The van der Waals surface area contributed by atoms with Crippen LogP contribution >= 0.6 is 0 Å². The smallest absolute Gasteiger partial charge is 0.323 e. The first kappa shape index (κ1) is 13.3. The second-order valence-corrected chi connectivity index (χ2v) is 4.32. The number of ether oxygens (including phenoxy) is 1. The van der Waals surface area contributed by atoms with Gasteiger partial charge in [-0.2, -0.15) is 15.0 Å². The van der Waals surface area contributed by atoms with Gasteiger partial charge in [-0.1, -0.05) is 0 Å². The minimum atomic E-state index is -0.0692. The second-order valence-electron chi connectivity index (χ2n) is 4.32. The number of carbonyl (C=O) groups is 1. The van der Waals surface area contributed by atoms with Gasteiger partial charge < -0.3 is 15.0 Å². The number of nitrogens with two attached hydrogens (primary N) is 1. The van der Waals surface area contributed by atoms with Crippen LogP contribution in [-0.4, -0.2) is 46.6 Å². The molecule has 4 N–H and O–H groups in total. The Kier molecular flexibility index (Phi) is 3.95. The number of nitrogens with zero attached hydrogens (tertiary/aromatic N) is 4. The van der Waals surface area contributed by atoms with E-state index in [1.807, 2.05) is 13.8 Å². The number of nitrogen functional groups attached to an aromatic ring is 1. The number of hydrogen-bond acceptors (Lipinski definition) is 8. The highest BCUT2D eigenvalue weighted by Crippen LogP contribution is 2.16. The van der Waals surface area contributed by atoms with E-state index in [0.717, 1.165) is 0 Å². The van der Waals surface area contributed by atoms with Gasteiger partial charge in [-0.05, 0) is 13.8 Å². The van der Waals surface area contributed by atoms with Crippen molar-refractivity contribution in [3.05, 3.63) is 0 Å². The van der Waals surface area contributed by atoms with Crippen LogP contribution in [0.5, 0.6) is 6.01 Å². The lowest BCUT2D eigenvalue weighted by Crippen LogP contribution is -2.48. The van der Waals surface area contributed by atoms with Crippen molar-refractivity contribution in [1.29, 1.82) is 0 Å². The number of amides is 1. The van der Waals surface area contributed by atoms with Gasteiger partial charge in [0.25, 0.3) is 0 Å². The molecular weight excluding hydrogens is 250 g/mol. The molecule has 0 atom stereocenters. The van der Waals surface area contributed by atoms with Crippen LogP contribution in [0, 0.1) is 0 Å². The van der Waals surface area contributed by atoms with E-state index in [1.54, 1.807) is 4.90 Å². The largest absolute Gasteiger partial charge is 0.461 e. The lowest BCUT2D eigenvalue weighted by Gasteiger charge is -2.26. The maximum Gasteiger partial charge on any atom is 0.323 e. The van der Waals surface area contributed by atoms with Gasteiger partial charge in [-0.3, -0.25) is 10.2 Å². The lowest BCUT2D eigenvalue weighted by atomic mass is 10.4. The summed E-state index contributed by atoms with van der Waals surface area (Å²) in [5.41, 5.74) is 2.36. The minimum Gasteiger partial charge on any atom is -0.461 e. The van der Waals surface area contributed by atoms with E-state index < -0.39 is 0 Å². The molecule has 2 rings (SSSR count). The van der Waals surface area contributed by atoms with Crippen molar-refractivity contribution in [3.8, 4) is 6.01 Å². The third-order valence-corrected chi connectivity index (χ3v) is 2.39. The predicted molar refractivity (Wildman–Crippen MR) is 68.6 cm³/mol. The summed E-state index contributed by atoms with van der Waals surface area (Å²) in [4.78, 5) is 25.4. The third-order valence-electron chi connectivity index (χ3n) is 2.39. The average Bonchev–Trinajstić information content (AvgIpc) is 2.37. The minimum absolute atomic E-state index is 0.0643. The first-order valence-corrected chi connectivity index (χ1v) is 5.99. The van der Waals surface area contributed by atoms with Crippen LogP contribution < -0.4 is 26.2 Å². The molecule has 1 saturated heterocycles.